The molecular weight excluding hydrogens is 210 g/mol. The van der Waals surface area contributed by atoms with Crippen LogP contribution in [0.4, 0.5) is 0 Å². The van der Waals surface area contributed by atoms with Crippen molar-refractivity contribution in [2.75, 3.05) is 6.54 Å². The molecule has 0 bridgehead atoms. The zero-order chi connectivity index (χ0) is 12.7. The largest absolute Gasteiger partial charge is 0.313 e. The lowest BCUT2D eigenvalue weighted by atomic mass is 10.1. The highest BCUT2D eigenvalue weighted by Crippen LogP contribution is 2.10. The Hall–Kier alpha value is -0.830. The number of aromatic nitrogens is 2. The Labute approximate surface area is 106 Å². The maximum atomic E-state index is 4.47. The summed E-state index contributed by atoms with van der Waals surface area (Å²) in [5.41, 5.74) is 2.65. The summed E-state index contributed by atoms with van der Waals surface area (Å²) in [6.45, 7) is 12.0. The fourth-order valence-electron chi connectivity index (χ4n) is 1.93. The lowest BCUT2D eigenvalue weighted by molar-refractivity contribution is 0.484. The summed E-state index contributed by atoms with van der Waals surface area (Å²) in [5.74, 6) is 0.788. The molecule has 1 aromatic heterocycles. The maximum Gasteiger partial charge on any atom is 0.0537 e. The average molecular weight is 237 g/mol. The Balaban J connectivity index is 2.40. The van der Waals surface area contributed by atoms with E-state index in [1.807, 2.05) is 6.20 Å². The van der Waals surface area contributed by atoms with Gasteiger partial charge in [0.1, 0.15) is 0 Å². The lowest BCUT2D eigenvalue weighted by Gasteiger charge is -2.07. The molecule has 0 aliphatic carbocycles. The van der Waals surface area contributed by atoms with Crippen LogP contribution in [0, 0.1) is 12.8 Å². The molecule has 3 heteroatoms. The van der Waals surface area contributed by atoms with Crippen LogP contribution in [0.15, 0.2) is 6.20 Å². The molecule has 0 aromatic carbocycles. The predicted molar refractivity (Wildman–Crippen MR) is 73.0 cm³/mol. The molecule has 0 fully saturated rings. The van der Waals surface area contributed by atoms with Gasteiger partial charge in [0.15, 0.2) is 0 Å². The SMILES string of the molecule is CCCNCc1cnn(CCCC(C)C)c1C. The van der Waals surface area contributed by atoms with Crippen molar-refractivity contribution >= 4 is 0 Å². The van der Waals surface area contributed by atoms with Crippen LogP contribution >= 0.6 is 0 Å². The summed E-state index contributed by atoms with van der Waals surface area (Å²) >= 11 is 0. The van der Waals surface area contributed by atoms with Gasteiger partial charge < -0.3 is 5.32 Å². The summed E-state index contributed by atoms with van der Waals surface area (Å²) in [6, 6.07) is 0. The third-order valence-electron chi connectivity index (χ3n) is 3.10. The van der Waals surface area contributed by atoms with Crippen LogP contribution < -0.4 is 5.32 Å². The van der Waals surface area contributed by atoms with E-state index in [2.05, 4.69) is 42.8 Å². The van der Waals surface area contributed by atoms with Crippen molar-refractivity contribution in [3.63, 3.8) is 0 Å². The van der Waals surface area contributed by atoms with E-state index in [0.717, 1.165) is 25.6 Å². The predicted octanol–water partition coefficient (Wildman–Crippen LogP) is 3.13. The van der Waals surface area contributed by atoms with E-state index in [0.29, 0.717) is 0 Å². The lowest BCUT2D eigenvalue weighted by Crippen LogP contribution is -2.14. The van der Waals surface area contributed by atoms with Crippen molar-refractivity contribution in [1.82, 2.24) is 15.1 Å². The van der Waals surface area contributed by atoms with Crippen LogP contribution in [-0.2, 0) is 13.1 Å². The minimum Gasteiger partial charge on any atom is -0.313 e. The molecule has 0 saturated heterocycles. The van der Waals surface area contributed by atoms with E-state index in [-0.39, 0.29) is 0 Å². The first-order valence-corrected chi connectivity index (χ1v) is 6.87. The third kappa shape index (κ3) is 4.90. The molecular formula is C14H27N3. The molecule has 3 nitrogen and oxygen atoms in total. The quantitative estimate of drug-likeness (QED) is 0.704. The highest BCUT2D eigenvalue weighted by atomic mass is 15.3. The second-order valence-electron chi connectivity index (χ2n) is 5.19. The van der Waals surface area contributed by atoms with E-state index in [1.165, 1.54) is 30.5 Å². The van der Waals surface area contributed by atoms with Crippen molar-refractivity contribution in [2.45, 2.75) is 60.0 Å². The van der Waals surface area contributed by atoms with Gasteiger partial charge in [-0.3, -0.25) is 4.68 Å². The minimum atomic E-state index is 0.788. The first kappa shape index (κ1) is 14.2. The molecule has 0 radical (unpaired) electrons. The first-order valence-electron chi connectivity index (χ1n) is 6.87. The van der Waals surface area contributed by atoms with Gasteiger partial charge in [-0.2, -0.15) is 5.10 Å². The summed E-state index contributed by atoms with van der Waals surface area (Å²) in [6.07, 6.45) is 5.69. The fraction of sp³-hybridized carbons (Fsp3) is 0.786. The van der Waals surface area contributed by atoms with Crippen molar-refractivity contribution in [1.29, 1.82) is 0 Å². The second-order valence-corrected chi connectivity index (χ2v) is 5.19. The molecule has 17 heavy (non-hydrogen) atoms. The molecule has 0 amide bonds. The van der Waals surface area contributed by atoms with Crippen molar-refractivity contribution < 1.29 is 0 Å². The van der Waals surface area contributed by atoms with Gasteiger partial charge in [0.25, 0.3) is 0 Å². The van der Waals surface area contributed by atoms with Crippen LogP contribution in [0.1, 0.15) is 51.3 Å². The van der Waals surface area contributed by atoms with E-state index in [4.69, 9.17) is 0 Å². The van der Waals surface area contributed by atoms with Gasteiger partial charge in [0, 0.05) is 24.3 Å². The Morgan fingerprint density at radius 2 is 2.18 bits per heavy atom. The van der Waals surface area contributed by atoms with E-state index < -0.39 is 0 Å². The Kier molecular flexibility index (Phi) is 6.27. The molecule has 1 heterocycles. The summed E-state index contributed by atoms with van der Waals surface area (Å²) in [4.78, 5) is 0. The van der Waals surface area contributed by atoms with Crippen LogP contribution in [0.2, 0.25) is 0 Å². The third-order valence-corrected chi connectivity index (χ3v) is 3.10. The normalized spacial score (nSPS) is 11.4. The highest BCUT2D eigenvalue weighted by molar-refractivity contribution is 5.15. The monoisotopic (exact) mass is 237 g/mol. The highest BCUT2D eigenvalue weighted by Gasteiger charge is 2.05. The smallest absolute Gasteiger partial charge is 0.0537 e. The zero-order valence-electron chi connectivity index (χ0n) is 11.8. The summed E-state index contributed by atoms with van der Waals surface area (Å²) < 4.78 is 2.14. The van der Waals surface area contributed by atoms with Crippen molar-refractivity contribution in [3.05, 3.63) is 17.5 Å². The molecule has 0 unspecified atom stereocenters. The summed E-state index contributed by atoms with van der Waals surface area (Å²) in [5, 5.41) is 7.89. The number of nitrogens with zero attached hydrogens (tertiary/aromatic N) is 2. The standard InChI is InChI=1S/C14H27N3/c1-5-8-15-10-14-11-16-17(13(14)4)9-6-7-12(2)3/h11-12,15H,5-10H2,1-4H3. The van der Waals surface area contributed by atoms with Gasteiger partial charge in [-0.25, -0.2) is 0 Å². The topological polar surface area (TPSA) is 29.9 Å². The number of hydrogen-bond donors (Lipinski definition) is 1. The molecule has 0 aliphatic heterocycles. The number of aryl methyl sites for hydroxylation is 1. The van der Waals surface area contributed by atoms with Crippen molar-refractivity contribution in [2.24, 2.45) is 5.92 Å². The Bertz CT molecular complexity index is 315. The van der Waals surface area contributed by atoms with E-state index in [9.17, 15) is 0 Å². The maximum absolute atomic E-state index is 4.47. The molecule has 1 rings (SSSR count). The van der Waals surface area contributed by atoms with Crippen LogP contribution in [-0.4, -0.2) is 16.3 Å². The fourth-order valence-corrected chi connectivity index (χ4v) is 1.93. The number of rotatable bonds is 8. The molecule has 0 atom stereocenters. The first-order chi connectivity index (χ1) is 8.15. The minimum absolute atomic E-state index is 0.788. The van der Waals surface area contributed by atoms with Gasteiger partial charge in [-0.1, -0.05) is 20.8 Å². The molecule has 1 aromatic rings. The number of nitrogens with one attached hydrogen (secondary N) is 1. The van der Waals surface area contributed by atoms with Gasteiger partial charge in [0.2, 0.25) is 0 Å². The molecule has 98 valence electrons. The van der Waals surface area contributed by atoms with Gasteiger partial charge in [-0.05, 0) is 38.6 Å². The van der Waals surface area contributed by atoms with Crippen LogP contribution in [0.25, 0.3) is 0 Å². The zero-order valence-corrected chi connectivity index (χ0v) is 11.8. The second kappa shape index (κ2) is 7.49. The van der Waals surface area contributed by atoms with Crippen molar-refractivity contribution in [3.8, 4) is 0 Å². The number of hydrogen-bond acceptors (Lipinski definition) is 2. The van der Waals surface area contributed by atoms with Crippen LogP contribution in [0.3, 0.4) is 0 Å². The Morgan fingerprint density at radius 3 is 2.82 bits per heavy atom. The van der Waals surface area contributed by atoms with Gasteiger partial charge in [0.05, 0.1) is 6.20 Å². The van der Waals surface area contributed by atoms with Gasteiger partial charge >= 0.3 is 0 Å². The van der Waals surface area contributed by atoms with Gasteiger partial charge in [-0.15, -0.1) is 0 Å². The average Bonchev–Trinajstić information content (AvgIpc) is 2.61. The molecule has 0 saturated carbocycles. The van der Waals surface area contributed by atoms with Crippen LogP contribution in [0.5, 0.6) is 0 Å². The van der Waals surface area contributed by atoms with E-state index >= 15 is 0 Å². The van der Waals surface area contributed by atoms with E-state index in [1.54, 1.807) is 0 Å². The molecule has 0 aliphatic rings. The summed E-state index contributed by atoms with van der Waals surface area (Å²) in [7, 11) is 0. The molecule has 0 spiro atoms. The Morgan fingerprint density at radius 1 is 1.41 bits per heavy atom. The molecule has 1 N–H and O–H groups in total.